The minimum absolute atomic E-state index is 0.0273. The number of aliphatic carboxylic acids is 1. The van der Waals surface area contributed by atoms with E-state index >= 15 is 0 Å². The number of halogens is 3. The van der Waals surface area contributed by atoms with Crippen LogP contribution in [0.15, 0.2) is 64.9 Å². The molecule has 32 heavy (non-hydrogen) atoms. The van der Waals surface area contributed by atoms with Crippen LogP contribution in [-0.2, 0) is 17.5 Å². The van der Waals surface area contributed by atoms with Crippen LogP contribution in [0, 0.1) is 0 Å². The molecule has 3 aromatic rings. The molecule has 7 nitrogen and oxygen atoms in total. The summed E-state index contributed by atoms with van der Waals surface area (Å²) in [5.41, 5.74) is -1.53. The number of aromatic nitrogens is 1. The number of urea groups is 1. The number of carboxylic acid groups (broad SMARTS) is 1. The highest BCUT2D eigenvalue weighted by Crippen LogP contribution is 2.31. The maximum Gasteiger partial charge on any atom is 0.416 e. The summed E-state index contributed by atoms with van der Waals surface area (Å²) in [6.07, 6.45) is -3.71. The van der Waals surface area contributed by atoms with E-state index in [1.165, 1.54) is 28.0 Å². The lowest BCUT2D eigenvalue weighted by Crippen LogP contribution is -2.36. The van der Waals surface area contributed by atoms with Crippen LogP contribution in [0.3, 0.4) is 0 Å². The number of carboxylic acids is 1. The highest BCUT2D eigenvalue weighted by atomic mass is 32.1. The molecule has 0 aliphatic rings. The number of carbonyl (C=O) groups is 2. The number of hydrogen-bond acceptors (Lipinski definition) is 4. The molecule has 2 heterocycles. The van der Waals surface area contributed by atoms with Gasteiger partial charge in [-0.15, -0.1) is 11.3 Å². The van der Waals surface area contributed by atoms with Gasteiger partial charge in [-0.2, -0.15) is 13.2 Å². The van der Waals surface area contributed by atoms with Crippen LogP contribution in [0.2, 0.25) is 0 Å². The molecular weight excluding hydrogens is 447 g/mol. The zero-order valence-corrected chi connectivity index (χ0v) is 17.2. The van der Waals surface area contributed by atoms with Crippen molar-refractivity contribution in [2.24, 2.45) is 0 Å². The molecule has 3 rings (SSSR count). The average molecular weight is 465 g/mol. The Kier molecular flexibility index (Phi) is 6.98. The van der Waals surface area contributed by atoms with Gasteiger partial charge in [-0.3, -0.25) is 9.59 Å². The molecule has 0 aliphatic carbocycles. The maximum absolute atomic E-state index is 13.0. The van der Waals surface area contributed by atoms with Gasteiger partial charge in [0, 0.05) is 11.1 Å². The molecule has 0 saturated carbocycles. The van der Waals surface area contributed by atoms with Crippen LogP contribution in [-0.4, -0.2) is 21.7 Å². The Hall–Kier alpha value is -3.60. The predicted molar refractivity (Wildman–Crippen MR) is 113 cm³/mol. The zero-order chi connectivity index (χ0) is 23.3. The van der Waals surface area contributed by atoms with Crippen LogP contribution in [0.1, 0.15) is 28.5 Å². The van der Waals surface area contributed by atoms with Gasteiger partial charge in [-0.25, -0.2) is 4.79 Å². The third-order valence-electron chi connectivity index (χ3n) is 4.48. The van der Waals surface area contributed by atoms with E-state index in [1.54, 1.807) is 12.3 Å². The monoisotopic (exact) mass is 465 g/mol. The van der Waals surface area contributed by atoms with Crippen molar-refractivity contribution in [3.05, 3.63) is 86.5 Å². The van der Waals surface area contributed by atoms with Gasteiger partial charge in [-0.1, -0.05) is 18.2 Å². The predicted octanol–water partition coefficient (Wildman–Crippen LogP) is 4.31. The minimum Gasteiger partial charge on any atom is -0.481 e. The Morgan fingerprint density at radius 1 is 1.12 bits per heavy atom. The van der Waals surface area contributed by atoms with E-state index in [-0.39, 0.29) is 11.3 Å². The highest BCUT2D eigenvalue weighted by molar-refractivity contribution is 7.09. The van der Waals surface area contributed by atoms with Crippen LogP contribution >= 0.6 is 11.3 Å². The number of nitrogens with one attached hydrogen (secondary N) is 2. The van der Waals surface area contributed by atoms with E-state index in [4.69, 9.17) is 5.11 Å². The minimum atomic E-state index is -4.62. The number of carbonyl (C=O) groups excluding carboxylic acids is 1. The molecule has 0 bridgehead atoms. The molecule has 168 valence electrons. The molecule has 11 heteroatoms. The Morgan fingerprint density at radius 3 is 2.56 bits per heavy atom. The second-order valence-electron chi connectivity index (χ2n) is 6.81. The Labute approximate surface area is 184 Å². The standard InChI is InChI=1S/C21H18F3N3O4S/c22-21(23,24)14-5-1-4-13(10-14)17(11-18(28)29)26-20(31)25-16-7-2-8-27(19(16)30)12-15-6-3-9-32-15/h1-10,17H,11-12H2,(H,28,29)(H2,25,26,31)/t17-/m0/s1. The van der Waals surface area contributed by atoms with Gasteiger partial charge in [0.05, 0.1) is 24.6 Å². The first-order chi connectivity index (χ1) is 15.1. The van der Waals surface area contributed by atoms with Crippen molar-refractivity contribution in [3.63, 3.8) is 0 Å². The van der Waals surface area contributed by atoms with Crippen molar-refractivity contribution in [2.45, 2.75) is 25.2 Å². The molecule has 0 spiro atoms. The van der Waals surface area contributed by atoms with E-state index in [0.29, 0.717) is 6.54 Å². The third-order valence-corrected chi connectivity index (χ3v) is 5.34. The van der Waals surface area contributed by atoms with Gasteiger partial charge in [0.25, 0.3) is 5.56 Å². The smallest absolute Gasteiger partial charge is 0.416 e. The normalized spacial score (nSPS) is 12.2. The fourth-order valence-electron chi connectivity index (χ4n) is 3.00. The summed E-state index contributed by atoms with van der Waals surface area (Å²) in [4.78, 5) is 37.2. The van der Waals surface area contributed by atoms with Gasteiger partial charge in [-0.05, 0) is 41.3 Å². The third kappa shape index (κ3) is 5.97. The summed E-state index contributed by atoms with van der Waals surface area (Å²) in [5, 5.41) is 15.7. The first kappa shape index (κ1) is 23.1. The molecule has 2 aromatic heterocycles. The lowest BCUT2D eigenvalue weighted by Gasteiger charge is -2.19. The molecule has 0 saturated heterocycles. The number of hydrogen-bond donors (Lipinski definition) is 3. The summed E-state index contributed by atoms with van der Waals surface area (Å²) >= 11 is 1.47. The van der Waals surface area contributed by atoms with E-state index < -0.39 is 41.8 Å². The van der Waals surface area contributed by atoms with Gasteiger partial charge in [0.15, 0.2) is 0 Å². The lowest BCUT2D eigenvalue weighted by molar-refractivity contribution is -0.138. The Balaban J connectivity index is 1.78. The first-order valence-corrected chi connectivity index (χ1v) is 10.2. The SMILES string of the molecule is O=C(O)C[C@H](NC(=O)Nc1cccn(Cc2cccs2)c1=O)c1cccc(C(F)(F)F)c1. The Bertz CT molecular complexity index is 1160. The van der Waals surface area contributed by atoms with Crippen molar-refractivity contribution >= 4 is 29.0 Å². The molecule has 1 atom stereocenters. The van der Waals surface area contributed by atoms with Crippen molar-refractivity contribution in [1.82, 2.24) is 9.88 Å². The number of benzene rings is 1. The molecular formula is C21H18F3N3O4S. The molecule has 2 amide bonds. The van der Waals surface area contributed by atoms with Crippen molar-refractivity contribution in [2.75, 3.05) is 5.32 Å². The summed E-state index contributed by atoms with van der Waals surface area (Å²) < 4.78 is 40.4. The zero-order valence-electron chi connectivity index (χ0n) is 16.4. The summed E-state index contributed by atoms with van der Waals surface area (Å²) in [5.74, 6) is -1.31. The summed E-state index contributed by atoms with van der Waals surface area (Å²) in [7, 11) is 0. The van der Waals surface area contributed by atoms with Crippen LogP contribution in [0.4, 0.5) is 23.7 Å². The number of pyridine rings is 1. The van der Waals surface area contributed by atoms with Gasteiger partial charge in [0.2, 0.25) is 0 Å². The number of amides is 2. The summed E-state index contributed by atoms with van der Waals surface area (Å²) in [6, 6.07) is 8.53. The maximum atomic E-state index is 13.0. The number of anilines is 1. The second-order valence-corrected chi connectivity index (χ2v) is 7.84. The number of rotatable bonds is 7. The second kappa shape index (κ2) is 9.69. The van der Waals surface area contributed by atoms with E-state index in [9.17, 15) is 27.6 Å². The lowest BCUT2D eigenvalue weighted by atomic mass is 10.0. The van der Waals surface area contributed by atoms with Crippen molar-refractivity contribution in [1.29, 1.82) is 0 Å². The number of nitrogens with zero attached hydrogens (tertiary/aromatic N) is 1. The number of thiophene rings is 1. The fourth-order valence-corrected chi connectivity index (χ4v) is 3.70. The molecule has 0 radical (unpaired) electrons. The number of alkyl halides is 3. The van der Waals surface area contributed by atoms with Gasteiger partial charge < -0.3 is 20.3 Å². The van der Waals surface area contributed by atoms with Crippen LogP contribution < -0.4 is 16.2 Å². The largest absolute Gasteiger partial charge is 0.481 e. The molecule has 0 unspecified atom stereocenters. The van der Waals surface area contributed by atoms with Crippen LogP contribution in [0.5, 0.6) is 0 Å². The van der Waals surface area contributed by atoms with Gasteiger partial charge >= 0.3 is 18.2 Å². The fraction of sp³-hybridized carbons (Fsp3) is 0.190. The topological polar surface area (TPSA) is 100 Å². The highest BCUT2D eigenvalue weighted by Gasteiger charge is 2.31. The van der Waals surface area contributed by atoms with Crippen molar-refractivity contribution < 1.29 is 27.9 Å². The average Bonchev–Trinajstić information content (AvgIpc) is 3.23. The van der Waals surface area contributed by atoms with E-state index in [1.807, 2.05) is 17.5 Å². The van der Waals surface area contributed by atoms with E-state index in [2.05, 4.69) is 10.6 Å². The quantitative estimate of drug-likeness (QED) is 0.484. The molecule has 0 aliphatic heterocycles. The van der Waals surface area contributed by atoms with E-state index in [0.717, 1.165) is 23.1 Å². The van der Waals surface area contributed by atoms with Crippen LogP contribution in [0.25, 0.3) is 0 Å². The molecule has 3 N–H and O–H groups in total. The van der Waals surface area contributed by atoms with Crippen molar-refractivity contribution in [3.8, 4) is 0 Å². The summed E-state index contributed by atoms with van der Waals surface area (Å²) in [6.45, 7) is 0.305. The first-order valence-electron chi connectivity index (χ1n) is 9.32. The molecule has 1 aromatic carbocycles. The molecule has 0 fully saturated rings. The van der Waals surface area contributed by atoms with Gasteiger partial charge in [0.1, 0.15) is 5.69 Å². The Morgan fingerprint density at radius 2 is 1.91 bits per heavy atom.